The van der Waals surface area contributed by atoms with Crippen LogP contribution in [0.15, 0.2) is 30.3 Å². The number of nitrogens with one attached hydrogen (secondary N) is 1. The van der Waals surface area contributed by atoms with Crippen molar-refractivity contribution >= 4 is 5.91 Å². The van der Waals surface area contributed by atoms with Crippen LogP contribution in [0.3, 0.4) is 0 Å². The van der Waals surface area contributed by atoms with E-state index in [0.717, 1.165) is 18.8 Å². The molecule has 0 spiro atoms. The third-order valence-electron chi connectivity index (χ3n) is 3.62. The highest BCUT2D eigenvalue weighted by Crippen LogP contribution is 2.27. The van der Waals surface area contributed by atoms with Gasteiger partial charge in [-0.25, -0.2) is 0 Å². The molecule has 0 atom stereocenters. The van der Waals surface area contributed by atoms with E-state index < -0.39 is 0 Å². The summed E-state index contributed by atoms with van der Waals surface area (Å²) in [6.45, 7) is 1.61. The van der Waals surface area contributed by atoms with Crippen molar-refractivity contribution in [3.8, 4) is 0 Å². The van der Waals surface area contributed by atoms with Gasteiger partial charge in [-0.15, -0.1) is 0 Å². The number of carbonyl (C=O) groups is 1. The van der Waals surface area contributed by atoms with Gasteiger partial charge in [-0.05, 0) is 43.6 Å². The second kappa shape index (κ2) is 5.85. The summed E-state index contributed by atoms with van der Waals surface area (Å²) in [5.41, 5.74) is 1.44. The van der Waals surface area contributed by atoms with Gasteiger partial charge in [-0.2, -0.15) is 0 Å². The third kappa shape index (κ3) is 3.88. The fourth-order valence-electron chi connectivity index (χ4n) is 2.75. The van der Waals surface area contributed by atoms with Crippen molar-refractivity contribution in [3.05, 3.63) is 35.9 Å². The lowest BCUT2D eigenvalue weighted by molar-refractivity contribution is -0.119. The average molecular weight is 231 g/mol. The summed E-state index contributed by atoms with van der Waals surface area (Å²) in [5.74, 6) is 0.902. The minimum atomic E-state index is 0.108. The van der Waals surface area contributed by atoms with E-state index in [0.29, 0.717) is 6.04 Å². The van der Waals surface area contributed by atoms with Gasteiger partial charge < -0.3 is 5.32 Å². The van der Waals surface area contributed by atoms with Crippen LogP contribution in [0.2, 0.25) is 0 Å². The van der Waals surface area contributed by atoms with Crippen molar-refractivity contribution in [3.63, 3.8) is 0 Å². The zero-order chi connectivity index (χ0) is 12.1. The summed E-state index contributed by atoms with van der Waals surface area (Å²) in [4.78, 5) is 11.0. The highest BCUT2D eigenvalue weighted by molar-refractivity contribution is 5.73. The third-order valence-corrected chi connectivity index (χ3v) is 3.62. The molecule has 92 valence electrons. The highest BCUT2D eigenvalue weighted by Gasteiger charge is 2.21. The Bertz CT molecular complexity index is 352. The van der Waals surface area contributed by atoms with Crippen LogP contribution in [0.4, 0.5) is 0 Å². The van der Waals surface area contributed by atoms with Crippen molar-refractivity contribution in [2.75, 3.05) is 0 Å². The van der Waals surface area contributed by atoms with Gasteiger partial charge >= 0.3 is 0 Å². The van der Waals surface area contributed by atoms with Gasteiger partial charge in [0.25, 0.3) is 0 Å². The van der Waals surface area contributed by atoms with E-state index in [-0.39, 0.29) is 5.91 Å². The topological polar surface area (TPSA) is 29.1 Å². The number of hydrogen-bond donors (Lipinski definition) is 1. The molecule has 0 saturated heterocycles. The molecule has 1 N–H and O–H groups in total. The van der Waals surface area contributed by atoms with Crippen molar-refractivity contribution in [2.45, 2.75) is 45.1 Å². The monoisotopic (exact) mass is 231 g/mol. The Labute approximate surface area is 103 Å². The van der Waals surface area contributed by atoms with Crippen LogP contribution in [0.1, 0.15) is 38.2 Å². The van der Waals surface area contributed by atoms with Gasteiger partial charge in [0.1, 0.15) is 0 Å². The van der Waals surface area contributed by atoms with Gasteiger partial charge in [0.05, 0.1) is 0 Å². The number of amides is 1. The molecule has 1 aromatic rings. The van der Waals surface area contributed by atoms with Gasteiger partial charge in [0.15, 0.2) is 0 Å². The molecule has 0 radical (unpaired) electrons. The summed E-state index contributed by atoms with van der Waals surface area (Å²) in [6.07, 6.45) is 5.93. The molecule has 1 amide bonds. The zero-order valence-corrected chi connectivity index (χ0v) is 10.5. The lowest BCUT2D eigenvalue weighted by atomic mass is 9.82. The minimum absolute atomic E-state index is 0.108. The largest absolute Gasteiger partial charge is 0.354 e. The number of benzene rings is 1. The predicted octanol–water partition coefficient (Wildman–Crippen LogP) is 2.92. The average Bonchev–Trinajstić information content (AvgIpc) is 2.32. The Kier molecular flexibility index (Phi) is 4.18. The van der Waals surface area contributed by atoms with E-state index in [9.17, 15) is 4.79 Å². The number of carbonyl (C=O) groups excluding carboxylic acids is 1. The van der Waals surface area contributed by atoms with E-state index >= 15 is 0 Å². The summed E-state index contributed by atoms with van der Waals surface area (Å²) in [5, 5.41) is 3.03. The van der Waals surface area contributed by atoms with Gasteiger partial charge in [-0.3, -0.25) is 4.79 Å². The van der Waals surface area contributed by atoms with E-state index in [1.165, 1.54) is 24.8 Å². The van der Waals surface area contributed by atoms with Crippen LogP contribution in [0.25, 0.3) is 0 Å². The fourth-order valence-corrected chi connectivity index (χ4v) is 2.75. The first-order valence-corrected chi connectivity index (χ1v) is 6.55. The smallest absolute Gasteiger partial charge is 0.217 e. The summed E-state index contributed by atoms with van der Waals surface area (Å²) in [6, 6.07) is 11.1. The molecule has 1 fully saturated rings. The maximum absolute atomic E-state index is 11.0. The van der Waals surface area contributed by atoms with E-state index in [1.54, 1.807) is 6.92 Å². The van der Waals surface area contributed by atoms with Crippen LogP contribution in [-0.4, -0.2) is 11.9 Å². The Morgan fingerprint density at radius 1 is 1.18 bits per heavy atom. The lowest BCUT2D eigenvalue weighted by Crippen LogP contribution is -2.36. The van der Waals surface area contributed by atoms with Crippen molar-refractivity contribution in [1.29, 1.82) is 0 Å². The molecule has 0 aromatic heterocycles. The van der Waals surface area contributed by atoms with Gasteiger partial charge in [0.2, 0.25) is 5.91 Å². The number of rotatable bonds is 3. The Morgan fingerprint density at radius 3 is 2.41 bits per heavy atom. The van der Waals surface area contributed by atoms with Gasteiger partial charge in [-0.1, -0.05) is 30.3 Å². The molecular formula is C15H21NO. The van der Waals surface area contributed by atoms with E-state index in [4.69, 9.17) is 0 Å². The van der Waals surface area contributed by atoms with Crippen molar-refractivity contribution in [1.82, 2.24) is 5.32 Å². The lowest BCUT2D eigenvalue weighted by Gasteiger charge is -2.28. The van der Waals surface area contributed by atoms with Crippen molar-refractivity contribution < 1.29 is 4.79 Å². The van der Waals surface area contributed by atoms with Crippen LogP contribution < -0.4 is 5.32 Å². The Hall–Kier alpha value is -1.31. The highest BCUT2D eigenvalue weighted by atomic mass is 16.1. The fraction of sp³-hybridized carbons (Fsp3) is 0.533. The van der Waals surface area contributed by atoms with Crippen LogP contribution in [0.5, 0.6) is 0 Å². The Morgan fingerprint density at radius 2 is 1.82 bits per heavy atom. The second-order valence-electron chi connectivity index (χ2n) is 5.11. The summed E-state index contributed by atoms with van der Waals surface area (Å²) < 4.78 is 0. The number of hydrogen-bond acceptors (Lipinski definition) is 1. The molecule has 17 heavy (non-hydrogen) atoms. The first-order valence-electron chi connectivity index (χ1n) is 6.55. The zero-order valence-electron chi connectivity index (χ0n) is 10.5. The Balaban J connectivity index is 1.78. The van der Waals surface area contributed by atoms with Gasteiger partial charge in [0, 0.05) is 13.0 Å². The molecule has 0 aliphatic heterocycles. The second-order valence-corrected chi connectivity index (χ2v) is 5.11. The maximum Gasteiger partial charge on any atom is 0.217 e. The molecule has 1 aliphatic rings. The summed E-state index contributed by atoms with van der Waals surface area (Å²) in [7, 11) is 0. The van der Waals surface area contributed by atoms with E-state index in [2.05, 4.69) is 35.6 Å². The van der Waals surface area contributed by atoms with E-state index in [1.807, 2.05) is 0 Å². The molecule has 0 unspecified atom stereocenters. The molecular weight excluding hydrogens is 210 g/mol. The molecule has 2 rings (SSSR count). The first kappa shape index (κ1) is 12.2. The quantitative estimate of drug-likeness (QED) is 0.851. The molecule has 2 heteroatoms. The maximum atomic E-state index is 11.0. The molecule has 0 bridgehead atoms. The molecule has 0 heterocycles. The first-order chi connectivity index (χ1) is 8.24. The van der Waals surface area contributed by atoms with Crippen LogP contribution in [0, 0.1) is 5.92 Å². The minimum Gasteiger partial charge on any atom is -0.354 e. The van der Waals surface area contributed by atoms with Crippen LogP contribution in [-0.2, 0) is 11.2 Å². The summed E-state index contributed by atoms with van der Waals surface area (Å²) >= 11 is 0. The molecule has 2 nitrogen and oxygen atoms in total. The van der Waals surface area contributed by atoms with Crippen LogP contribution >= 0.6 is 0 Å². The van der Waals surface area contributed by atoms with Crippen molar-refractivity contribution in [2.24, 2.45) is 5.92 Å². The molecule has 1 aliphatic carbocycles. The normalized spacial score (nSPS) is 24.3. The molecule has 1 saturated carbocycles. The standard InChI is InChI=1S/C15H21NO/c1-12(17)16-15-9-7-14(8-10-15)11-13-5-3-2-4-6-13/h2-6,14-15H,7-11H2,1H3,(H,16,17). The SMILES string of the molecule is CC(=O)NC1CCC(Cc2ccccc2)CC1. The molecule has 1 aromatic carbocycles. The predicted molar refractivity (Wildman–Crippen MR) is 69.7 cm³/mol.